The number of amides is 2. The van der Waals surface area contributed by atoms with E-state index in [9.17, 15) is 14.4 Å². The van der Waals surface area contributed by atoms with Crippen LogP contribution in [-0.4, -0.2) is 54.1 Å². The third-order valence-electron chi connectivity index (χ3n) is 3.69. The van der Waals surface area contributed by atoms with Crippen LogP contribution in [0.4, 0.5) is 0 Å². The Balaban J connectivity index is 2.58. The molecule has 0 aromatic rings. The van der Waals surface area contributed by atoms with Gasteiger partial charge in [0.25, 0.3) is 0 Å². The van der Waals surface area contributed by atoms with E-state index in [1.807, 2.05) is 0 Å². The maximum atomic E-state index is 12.2. The summed E-state index contributed by atoms with van der Waals surface area (Å²) >= 11 is 0. The van der Waals surface area contributed by atoms with Crippen LogP contribution in [0.5, 0.6) is 0 Å². The van der Waals surface area contributed by atoms with Crippen molar-refractivity contribution in [3.63, 3.8) is 0 Å². The number of aliphatic carboxylic acids is 1. The van der Waals surface area contributed by atoms with Gasteiger partial charge in [-0.15, -0.1) is 0 Å². The Morgan fingerprint density at radius 1 is 1.32 bits per heavy atom. The molecule has 1 rings (SSSR count). The Morgan fingerprint density at radius 2 is 2.05 bits per heavy atom. The van der Waals surface area contributed by atoms with Crippen molar-refractivity contribution in [2.45, 2.75) is 57.2 Å². The minimum absolute atomic E-state index is 0.214. The molecule has 1 aliphatic rings. The monoisotopic (exact) mass is 314 g/mol. The number of carbonyl (C=O) groups excluding carboxylic acids is 2. The number of rotatable bonds is 9. The highest BCUT2D eigenvalue weighted by Crippen LogP contribution is 2.07. The topological polar surface area (TPSA) is 134 Å². The summed E-state index contributed by atoms with van der Waals surface area (Å²) < 4.78 is 0. The number of carbonyl (C=O) groups is 3. The normalized spacial score (nSPS) is 20.2. The Bertz CT molecular complexity index is 396. The molecule has 0 spiro atoms. The molecule has 2 amide bonds. The van der Waals surface area contributed by atoms with E-state index >= 15 is 0 Å². The number of unbranched alkanes of at least 4 members (excludes halogenated alkanes) is 1. The van der Waals surface area contributed by atoms with E-state index < -0.39 is 24.0 Å². The average molecular weight is 314 g/mol. The minimum atomic E-state index is -1.11. The molecule has 1 fully saturated rings. The van der Waals surface area contributed by atoms with E-state index in [2.05, 4.69) is 16.0 Å². The predicted octanol–water partition coefficient (Wildman–Crippen LogP) is -1.06. The van der Waals surface area contributed by atoms with Crippen LogP contribution in [-0.2, 0) is 14.4 Å². The molecule has 0 unspecified atom stereocenters. The van der Waals surface area contributed by atoms with Crippen LogP contribution in [0.3, 0.4) is 0 Å². The summed E-state index contributed by atoms with van der Waals surface area (Å²) in [4.78, 5) is 35.1. The van der Waals surface area contributed by atoms with E-state index in [0.29, 0.717) is 19.4 Å². The summed E-state index contributed by atoms with van der Waals surface area (Å²) in [5, 5.41) is 17.0. The molecule has 8 nitrogen and oxygen atoms in total. The van der Waals surface area contributed by atoms with Crippen molar-refractivity contribution in [2.24, 2.45) is 5.73 Å². The first-order valence-corrected chi connectivity index (χ1v) is 7.72. The summed E-state index contributed by atoms with van der Waals surface area (Å²) in [5.74, 6) is -1.80. The number of carboxylic acids is 1. The number of nitrogens with two attached hydrogens (primary N) is 1. The third kappa shape index (κ3) is 5.98. The van der Waals surface area contributed by atoms with Crippen LogP contribution < -0.4 is 21.7 Å². The summed E-state index contributed by atoms with van der Waals surface area (Å²) in [5.41, 5.74) is 5.44. The SMILES string of the molecule is C[C@H](NC(=O)[C@@H](CCCCN)NC(=O)[C@H]1CCCN1)C(=O)O. The first kappa shape index (κ1) is 18.4. The first-order chi connectivity index (χ1) is 10.5. The van der Waals surface area contributed by atoms with E-state index in [1.165, 1.54) is 6.92 Å². The second-order valence-electron chi connectivity index (χ2n) is 5.56. The van der Waals surface area contributed by atoms with Crippen molar-refractivity contribution < 1.29 is 19.5 Å². The van der Waals surface area contributed by atoms with Gasteiger partial charge in [0.15, 0.2) is 0 Å². The van der Waals surface area contributed by atoms with Crippen molar-refractivity contribution >= 4 is 17.8 Å². The van der Waals surface area contributed by atoms with Gasteiger partial charge in [-0.3, -0.25) is 14.4 Å². The largest absolute Gasteiger partial charge is 0.480 e. The lowest BCUT2D eigenvalue weighted by Crippen LogP contribution is -2.53. The maximum Gasteiger partial charge on any atom is 0.325 e. The fourth-order valence-corrected chi connectivity index (χ4v) is 2.32. The van der Waals surface area contributed by atoms with E-state index in [4.69, 9.17) is 10.8 Å². The molecule has 0 bridgehead atoms. The lowest BCUT2D eigenvalue weighted by atomic mass is 10.1. The summed E-state index contributed by atoms with van der Waals surface area (Å²) in [7, 11) is 0. The molecular weight excluding hydrogens is 288 g/mol. The summed E-state index contributed by atoms with van der Waals surface area (Å²) in [6.07, 6.45) is 3.55. The van der Waals surface area contributed by atoms with Gasteiger partial charge in [-0.25, -0.2) is 0 Å². The molecule has 0 aliphatic carbocycles. The number of nitrogens with one attached hydrogen (secondary N) is 3. The zero-order chi connectivity index (χ0) is 16.5. The quantitative estimate of drug-likeness (QED) is 0.345. The zero-order valence-electron chi connectivity index (χ0n) is 12.9. The molecule has 1 heterocycles. The Hall–Kier alpha value is -1.67. The van der Waals surface area contributed by atoms with Gasteiger partial charge < -0.3 is 26.8 Å². The molecule has 126 valence electrons. The molecule has 0 radical (unpaired) electrons. The van der Waals surface area contributed by atoms with Crippen LogP contribution >= 0.6 is 0 Å². The molecule has 0 aromatic heterocycles. The molecule has 6 N–H and O–H groups in total. The van der Waals surface area contributed by atoms with Crippen molar-refractivity contribution in [2.75, 3.05) is 13.1 Å². The van der Waals surface area contributed by atoms with Crippen LogP contribution in [0.2, 0.25) is 0 Å². The van der Waals surface area contributed by atoms with Crippen LogP contribution in [0.15, 0.2) is 0 Å². The molecule has 0 aromatic carbocycles. The van der Waals surface area contributed by atoms with Crippen molar-refractivity contribution in [1.82, 2.24) is 16.0 Å². The van der Waals surface area contributed by atoms with E-state index in [0.717, 1.165) is 25.8 Å². The highest BCUT2D eigenvalue weighted by atomic mass is 16.4. The average Bonchev–Trinajstić information content (AvgIpc) is 3.00. The third-order valence-corrected chi connectivity index (χ3v) is 3.69. The van der Waals surface area contributed by atoms with Crippen LogP contribution in [0.1, 0.15) is 39.0 Å². The van der Waals surface area contributed by atoms with Gasteiger partial charge in [-0.05, 0) is 52.1 Å². The zero-order valence-corrected chi connectivity index (χ0v) is 12.9. The summed E-state index contributed by atoms with van der Waals surface area (Å²) in [6.45, 7) is 2.69. The van der Waals surface area contributed by atoms with E-state index in [-0.39, 0.29) is 11.9 Å². The van der Waals surface area contributed by atoms with Gasteiger partial charge in [0.05, 0.1) is 6.04 Å². The van der Waals surface area contributed by atoms with Gasteiger partial charge in [-0.1, -0.05) is 0 Å². The Kier molecular flexibility index (Phi) is 7.83. The van der Waals surface area contributed by atoms with Crippen LogP contribution in [0.25, 0.3) is 0 Å². The van der Waals surface area contributed by atoms with E-state index in [1.54, 1.807) is 0 Å². The van der Waals surface area contributed by atoms with Gasteiger partial charge in [0.1, 0.15) is 12.1 Å². The predicted molar refractivity (Wildman–Crippen MR) is 81.1 cm³/mol. The molecule has 22 heavy (non-hydrogen) atoms. The molecule has 1 saturated heterocycles. The van der Waals surface area contributed by atoms with Gasteiger partial charge in [0.2, 0.25) is 11.8 Å². The molecule has 0 saturated carbocycles. The lowest BCUT2D eigenvalue weighted by Gasteiger charge is -2.21. The number of hydrogen-bond donors (Lipinski definition) is 5. The minimum Gasteiger partial charge on any atom is -0.480 e. The number of carboxylic acid groups (broad SMARTS) is 1. The molecular formula is C14H26N4O4. The van der Waals surface area contributed by atoms with Gasteiger partial charge in [0, 0.05) is 0 Å². The lowest BCUT2D eigenvalue weighted by molar-refractivity contribution is -0.141. The highest BCUT2D eigenvalue weighted by molar-refractivity contribution is 5.91. The second-order valence-corrected chi connectivity index (χ2v) is 5.56. The number of hydrogen-bond acceptors (Lipinski definition) is 5. The van der Waals surface area contributed by atoms with Crippen LogP contribution in [0, 0.1) is 0 Å². The highest BCUT2D eigenvalue weighted by Gasteiger charge is 2.28. The smallest absolute Gasteiger partial charge is 0.325 e. The van der Waals surface area contributed by atoms with Crippen molar-refractivity contribution in [3.8, 4) is 0 Å². The van der Waals surface area contributed by atoms with Gasteiger partial charge in [-0.2, -0.15) is 0 Å². The van der Waals surface area contributed by atoms with Crippen molar-refractivity contribution in [1.29, 1.82) is 0 Å². The first-order valence-electron chi connectivity index (χ1n) is 7.72. The Labute approximate surface area is 130 Å². The molecule has 3 atom stereocenters. The fourth-order valence-electron chi connectivity index (χ4n) is 2.32. The Morgan fingerprint density at radius 3 is 2.59 bits per heavy atom. The standard InChI is InChI=1S/C14H26N4O4/c1-9(14(21)22)17-13(20)11(5-2-3-7-15)18-12(19)10-6-4-8-16-10/h9-11,16H,2-8,15H2,1H3,(H,17,20)(H,18,19)(H,21,22)/t9-,10+,11+/m0/s1. The van der Waals surface area contributed by atoms with Crippen molar-refractivity contribution in [3.05, 3.63) is 0 Å². The van der Waals surface area contributed by atoms with Gasteiger partial charge >= 0.3 is 5.97 Å². The summed E-state index contributed by atoms with van der Waals surface area (Å²) in [6, 6.07) is -2.00. The second kappa shape index (κ2) is 9.37. The molecule has 8 heteroatoms. The fraction of sp³-hybridized carbons (Fsp3) is 0.786. The molecule has 1 aliphatic heterocycles. The maximum absolute atomic E-state index is 12.2.